The van der Waals surface area contributed by atoms with E-state index in [2.05, 4.69) is 31.3 Å². The van der Waals surface area contributed by atoms with Gasteiger partial charge in [0.1, 0.15) is 12.4 Å². The summed E-state index contributed by atoms with van der Waals surface area (Å²) in [6, 6.07) is 3.87. The molecule has 4 rings (SSSR count). The standard InChI is InChI=1S/C17H20N6O2/c1-2-23-15(12-3-5-18-6-4-12)21-14-16(22-7-9-25-10-8-22)19-13(11-24)20-17(14)23/h3-6,24H,2,7-11H2,1H3. The fraction of sp³-hybridized carbons (Fsp3) is 0.412. The first kappa shape index (κ1) is 15.9. The lowest BCUT2D eigenvalue weighted by atomic mass is 10.2. The lowest BCUT2D eigenvalue weighted by Crippen LogP contribution is -2.37. The van der Waals surface area contributed by atoms with Crippen LogP contribution in [-0.4, -0.2) is 55.9 Å². The Balaban J connectivity index is 1.94. The van der Waals surface area contributed by atoms with Gasteiger partial charge in [-0.15, -0.1) is 0 Å². The average Bonchev–Trinajstić information content (AvgIpc) is 3.07. The Kier molecular flexibility index (Phi) is 4.29. The number of aryl methyl sites for hydroxylation is 1. The average molecular weight is 340 g/mol. The molecule has 0 atom stereocenters. The predicted octanol–water partition coefficient (Wildman–Crippen LogP) is 1.24. The highest BCUT2D eigenvalue weighted by atomic mass is 16.5. The van der Waals surface area contributed by atoms with Crippen LogP contribution in [0, 0.1) is 0 Å². The zero-order valence-electron chi connectivity index (χ0n) is 14.1. The molecule has 0 aromatic carbocycles. The molecular weight excluding hydrogens is 320 g/mol. The van der Waals surface area contributed by atoms with Crippen LogP contribution >= 0.6 is 0 Å². The summed E-state index contributed by atoms with van der Waals surface area (Å²) in [5.74, 6) is 2.00. The molecular formula is C17H20N6O2. The van der Waals surface area contributed by atoms with Gasteiger partial charge in [0.15, 0.2) is 22.8 Å². The summed E-state index contributed by atoms with van der Waals surface area (Å²) >= 11 is 0. The minimum Gasteiger partial charge on any atom is -0.388 e. The van der Waals surface area contributed by atoms with Crippen molar-refractivity contribution in [1.29, 1.82) is 0 Å². The molecule has 1 N–H and O–H groups in total. The number of pyridine rings is 1. The number of aliphatic hydroxyl groups excluding tert-OH is 1. The van der Waals surface area contributed by atoms with Crippen molar-refractivity contribution in [3.63, 3.8) is 0 Å². The second kappa shape index (κ2) is 6.73. The Bertz CT molecular complexity index is 874. The number of hydrogen-bond acceptors (Lipinski definition) is 7. The van der Waals surface area contributed by atoms with Crippen molar-refractivity contribution in [1.82, 2.24) is 24.5 Å². The number of fused-ring (bicyclic) bond motifs is 1. The molecule has 3 aromatic heterocycles. The molecule has 3 aromatic rings. The van der Waals surface area contributed by atoms with E-state index in [9.17, 15) is 5.11 Å². The first-order chi connectivity index (χ1) is 12.3. The maximum Gasteiger partial charge on any atom is 0.166 e. The van der Waals surface area contributed by atoms with Gasteiger partial charge in [-0.25, -0.2) is 15.0 Å². The molecule has 0 bridgehead atoms. The van der Waals surface area contributed by atoms with Crippen molar-refractivity contribution < 1.29 is 9.84 Å². The van der Waals surface area contributed by atoms with Crippen LogP contribution in [0.3, 0.4) is 0 Å². The molecule has 0 amide bonds. The summed E-state index contributed by atoms with van der Waals surface area (Å²) in [6.07, 6.45) is 3.50. The van der Waals surface area contributed by atoms with Crippen molar-refractivity contribution in [3.8, 4) is 11.4 Å². The topological polar surface area (TPSA) is 89.2 Å². The van der Waals surface area contributed by atoms with E-state index in [1.54, 1.807) is 12.4 Å². The Morgan fingerprint density at radius 2 is 1.88 bits per heavy atom. The Morgan fingerprint density at radius 3 is 2.56 bits per heavy atom. The maximum atomic E-state index is 9.60. The summed E-state index contributed by atoms with van der Waals surface area (Å²) in [6.45, 7) is 5.39. The number of aromatic nitrogens is 5. The molecule has 0 radical (unpaired) electrons. The highest BCUT2D eigenvalue weighted by molar-refractivity contribution is 5.87. The van der Waals surface area contributed by atoms with E-state index in [4.69, 9.17) is 9.72 Å². The van der Waals surface area contributed by atoms with Crippen LogP contribution in [0.5, 0.6) is 0 Å². The molecule has 1 aliphatic rings. The molecule has 8 nitrogen and oxygen atoms in total. The molecule has 1 saturated heterocycles. The molecule has 0 aliphatic carbocycles. The molecule has 1 aliphatic heterocycles. The van der Waals surface area contributed by atoms with Gasteiger partial charge in [-0.05, 0) is 19.1 Å². The number of aliphatic hydroxyl groups is 1. The lowest BCUT2D eigenvalue weighted by molar-refractivity contribution is 0.122. The van der Waals surface area contributed by atoms with Crippen LogP contribution in [0.2, 0.25) is 0 Å². The molecule has 4 heterocycles. The van der Waals surface area contributed by atoms with Gasteiger partial charge in [-0.2, -0.15) is 0 Å². The fourth-order valence-electron chi connectivity index (χ4n) is 3.12. The smallest absolute Gasteiger partial charge is 0.166 e. The molecule has 8 heteroatoms. The van der Waals surface area contributed by atoms with Crippen LogP contribution < -0.4 is 4.90 Å². The molecule has 25 heavy (non-hydrogen) atoms. The summed E-state index contributed by atoms with van der Waals surface area (Å²) in [7, 11) is 0. The molecule has 0 saturated carbocycles. The Labute approximate surface area is 145 Å². The number of anilines is 1. The summed E-state index contributed by atoms with van der Waals surface area (Å²) in [5, 5.41) is 9.60. The second-order valence-corrected chi connectivity index (χ2v) is 5.81. The monoisotopic (exact) mass is 340 g/mol. The number of nitrogens with zero attached hydrogens (tertiary/aromatic N) is 6. The van der Waals surface area contributed by atoms with Crippen molar-refractivity contribution in [3.05, 3.63) is 30.4 Å². The van der Waals surface area contributed by atoms with E-state index in [0.29, 0.717) is 19.0 Å². The van der Waals surface area contributed by atoms with Crippen molar-refractivity contribution in [2.45, 2.75) is 20.1 Å². The van der Waals surface area contributed by atoms with Crippen LogP contribution in [0.15, 0.2) is 24.5 Å². The summed E-state index contributed by atoms with van der Waals surface area (Å²) in [4.78, 5) is 20.2. The SMILES string of the molecule is CCn1c(-c2ccncc2)nc2c(N3CCOCC3)nc(CO)nc21. The van der Waals surface area contributed by atoms with Crippen LogP contribution in [0.1, 0.15) is 12.7 Å². The van der Waals surface area contributed by atoms with Gasteiger partial charge in [0, 0.05) is 37.6 Å². The fourth-order valence-corrected chi connectivity index (χ4v) is 3.12. The quantitative estimate of drug-likeness (QED) is 0.764. The third-order valence-electron chi connectivity index (χ3n) is 4.33. The van der Waals surface area contributed by atoms with Gasteiger partial charge < -0.3 is 19.3 Å². The largest absolute Gasteiger partial charge is 0.388 e. The maximum absolute atomic E-state index is 9.60. The van der Waals surface area contributed by atoms with Crippen molar-refractivity contribution in [2.75, 3.05) is 31.2 Å². The van der Waals surface area contributed by atoms with E-state index in [-0.39, 0.29) is 6.61 Å². The van der Waals surface area contributed by atoms with E-state index in [1.165, 1.54) is 0 Å². The predicted molar refractivity (Wildman–Crippen MR) is 93.2 cm³/mol. The highest BCUT2D eigenvalue weighted by Crippen LogP contribution is 2.29. The summed E-state index contributed by atoms with van der Waals surface area (Å²) < 4.78 is 7.49. The van der Waals surface area contributed by atoms with Gasteiger partial charge >= 0.3 is 0 Å². The zero-order chi connectivity index (χ0) is 17.2. The van der Waals surface area contributed by atoms with Gasteiger partial charge in [0.2, 0.25) is 0 Å². The van der Waals surface area contributed by atoms with Crippen LogP contribution in [0.25, 0.3) is 22.6 Å². The lowest BCUT2D eigenvalue weighted by Gasteiger charge is -2.28. The number of rotatable bonds is 4. The minimum atomic E-state index is -0.202. The Hall–Kier alpha value is -2.58. The molecule has 130 valence electrons. The van der Waals surface area contributed by atoms with Gasteiger partial charge in [0.05, 0.1) is 13.2 Å². The van der Waals surface area contributed by atoms with Crippen LogP contribution in [0.4, 0.5) is 5.82 Å². The Morgan fingerprint density at radius 1 is 1.12 bits per heavy atom. The number of ether oxygens (including phenoxy) is 1. The highest BCUT2D eigenvalue weighted by Gasteiger charge is 2.22. The third-order valence-corrected chi connectivity index (χ3v) is 4.33. The van der Waals surface area contributed by atoms with E-state index >= 15 is 0 Å². The minimum absolute atomic E-state index is 0.202. The third kappa shape index (κ3) is 2.83. The first-order valence-corrected chi connectivity index (χ1v) is 8.43. The van der Waals surface area contributed by atoms with Gasteiger partial charge in [-0.1, -0.05) is 0 Å². The second-order valence-electron chi connectivity index (χ2n) is 5.81. The van der Waals surface area contributed by atoms with E-state index in [1.807, 2.05) is 12.1 Å². The van der Waals surface area contributed by atoms with Crippen molar-refractivity contribution in [2.24, 2.45) is 0 Å². The number of imidazole rings is 1. The molecule has 0 unspecified atom stereocenters. The molecule has 0 spiro atoms. The van der Waals surface area contributed by atoms with Gasteiger partial charge in [-0.3, -0.25) is 4.98 Å². The van der Waals surface area contributed by atoms with E-state index in [0.717, 1.165) is 48.0 Å². The first-order valence-electron chi connectivity index (χ1n) is 8.43. The number of morpholine rings is 1. The van der Waals surface area contributed by atoms with Crippen molar-refractivity contribution >= 4 is 17.0 Å². The normalized spacial score (nSPS) is 15.0. The number of hydrogen-bond donors (Lipinski definition) is 1. The summed E-state index contributed by atoms with van der Waals surface area (Å²) in [5.41, 5.74) is 2.48. The van der Waals surface area contributed by atoms with E-state index < -0.39 is 0 Å². The van der Waals surface area contributed by atoms with Gasteiger partial charge in [0.25, 0.3) is 0 Å². The molecule has 1 fully saturated rings. The van der Waals surface area contributed by atoms with Crippen LogP contribution in [-0.2, 0) is 17.9 Å². The zero-order valence-corrected chi connectivity index (χ0v) is 14.1.